The monoisotopic (exact) mass is 462 g/mol. The molecule has 5 unspecified atom stereocenters. The van der Waals surface area contributed by atoms with Gasteiger partial charge in [-0.25, -0.2) is 4.79 Å². The van der Waals surface area contributed by atoms with Gasteiger partial charge in [0, 0.05) is 6.42 Å². The normalized spacial score (nSPS) is 15.6. The first-order chi connectivity index (χ1) is 15.5. The molecule has 3 amide bonds. The van der Waals surface area contributed by atoms with Gasteiger partial charge in [0.15, 0.2) is 0 Å². The molecule has 184 valence electrons. The van der Waals surface area contributed by atoms with E-state index in [0.717, 1.165) is 5.56 Å². The van der Waals surface area contributed by atoms with Crippen LogP contribution >= 0.6 is 0 Å². The second kappa shape index (κ2) is 13.6. The van der Waals surface area contributed by atoms with Crippen LogP contribution in [0.4, 0.5) is 0 Å². The molecule has 0 aliphatic carbocycles. The number of nitrogens with one attached hydrogen (secondary N) is 3. The van der Waals surface area contributed by atoms with Crippen molar-refractivity contribution in [2.75, 3.05) is 0 Å². The van der Waals surface area contributed by atoms with Crippen LogP contribution in [-0.2, 0) is 25.6 Å². The summed E-state index contributed by atoms with van der Waals surface area (Å²) in [6.45, 7) is 8.96. The largest absolute Gasteiger partial charge is 0.480 e. The topological polar surface area (TPSA) is 151 Å². The molecule has 0 aliphatic heterocycles. The Hall–Kier alpha value is -2.94. The third-order valence-corrected chi connectivity index (χ3v) is 5.44. The molecule has 0 aromatic heterocycles. The summed E-state index contributed by atoms with van der Waals surface area (Å²) in [5.74, 6) is -2.88. The SMILES string of the molecule is CCC(C)C(NC(=O)C(C)N)C(=O)NC(Cc1ccccc1)C(=O)NC(CC(C)C)C(=O)O. The summed E-state index contributed by atoms with van der Waals surface area (Å²) in [4.78, 5) is 50.0. The highest BCUT2D eigenvalue weighted by atomic mass is 16.4. The van der Waals surface area contributed by atoms with Gasteiger partial charge in [-0.05, 0) is 30.7 Å². The minimum absolute atomic E-state index is 0.0526. The molecule has 9 heteroatoms. The van der Waals surface area contributed by atoms with Crippen LogP contribution in [0.3, 0.4) is 0 Å². The molecule has 33 heavy (non-hydrogen) atoms. The number of amides is 3. The van der Waals surface area contributed by atoms with Gasteiger partial charge in [0.05, 0.1) is 6.04 Å². The lowest BCUT2D eigenvalue weighted by atomic mass is 9.96. The number of carboxylic acid groups (broad SMARTS) is 1. The summed E-state index contributed by atoms with van der Waals surface area (Å²) in [6, 6.07) is 5.33. The van der Waals surface area contributed by atoms with Gasteiger partial charge in [0.2, 0.25) is 17.7 Å². The van der Waals surface area contributed by atoms with Crippen molar-refractivity contribution in [3.8, 4) is 0 Å². The molecule has 0 heterocycles. The maximum absolute atomic E-state index is 13.1. The molecule has 0 radical (unpaired) electrons. The fraction of sp³-hybridized carbons (Fsp3) is 0.583. The summed E-state index contributed by atoms with van der Waals surface area (Å²) in [6.07, 6.45) is 1.04. The molecule has 1 rings (SSSR count). The minimum atomic E-state index is -1.14. The van der Waals surface area contributed by atoms with Crippen molar-refractivity contribution < 1.29 is 24.3 Å². The molecule has 0 bridgehead atoms. The summed E-state index contributed by atoms with van der Waals surface area (Å²) in [5.41, 5.74) is 6.44. The molecule has 5 atom stereocenters. The quantitative estimate of drug-likeness (QED) is 0.297. The molecular formula is C24H38N4O5. The number of carbonyl (C=O) groups excluding carboxylic acids is 3. The van der Waals surface area contributed by atoms with E-state index < -0.39 is 47.9 Å². The predicted octanol–water partition coefficient (Wildman–Crippen LogP) is 1.21. The van der Waals surface area contributed by atoms with Gasteiger partial charge in [0.25, 0.3) is 0 Å². The van der Waals surface area contributed by atoms with Crippen molar-refractivity contribution >= 4 is 23.7 Å². The van der Waals surface area contributed by atoms with Crippen molar-refractivity contribution in [3.05, 3.63) is 35.9 Å². The van der Waals surface area contributed by atoms with Gasteiger partial charge >= 0.3 is 5.97 Å². The van der Waals surface area contributed by atoms with Crippen LogP contribution in [0.15, 0.2) is 30.3 Å². The zero-order valence-corrected chi connectivity index (χ0v) is 20.1. The van der Waals surface area contributed by atoms with E-state index in [1.165, 1.54) is 6.92 Å². The summed E-state index contributed by atoms with van der Waals surface area (Å²) in [5, 5.41) is 17.4. The van der Waals surface area contributed by atoms with Crippen molar-refractivity contribution in [1.82, 2.24) is 16.0 Å². The highest BCUT2D eigenvalue weighted by molar-refractivity contribution is 5.94. The number of aliphatic carboxylic acids is 1. The fourth-order valence-corrected chi connectivity index (χ4v) is 3.27. The summed E-state index contributed by atoms with van der Waals surface area (Å²) < 4.78 is 0. The zero-order valence-electron chi connectivity index (χ0n) is 20.1. The molecule has 1 aromatic rings. The van der Waals surface area contributed by atoms with Crippen molar-refractivity contribution in [2.45, 2.75) is 78.0 Å². The Morgan fingerprint density at radius 1 is 0.879 bits per heavy atom. The maximum Gasteiger partial charge on any atom is 0.326 e. The lowest BCUT2D eigenvalue weighted by molar-refractivity contribution is -0.142. The van der Waals surface area contributed by atoms with Crippen LogP contribution in [0.2, 0.25) is 0 Å². The molecule has 0 spiro atoms. The Morgan fingerprint density at radius 3 is 1.94 bits per heavy atom. The van der Waals surface area contributed by atoms with E-state index >= 15 is 0 Å². The first-order valence-electron chi connectivity index (χ1n) is 11.4. The molecule has 0 saturated carbocycles. The smallest absolute Gasteiger partial charge is 0.326 e. The number of rotatable bonds is 13. The number of carbonyl (C=O) groups is 4. The molecule has 6 N–H and O–H groups in total. The van der Waals surface area contributed by atoms with Crippen molar-refractivity contribution in [1.29, 1.82) is 0 Å². The molecule has 0 fully saturated rings. The van der Waals surface area contributed by atoms with Gasteiger partial charge < -0.3 is 26.8 Å². The van der Waals surface area contributed by atoms with Crippen LogP contribution in [0.5, 0.6) is 0 Å². The standard InChI is InChI=1S/C24H38N4O5/c1-6-15(4)20(28-21(29)16(5)25)23(31)26-18(13-17-10-8-7-9-11-17)22(30)27-19(24(32)33)12-14(2)3/h7-11,14-16,18-20H,6,12-13,25H2,1-5H3,(H,26,31)(H,27,30)(H,28,29)(H,32,33). The van der Waals surface area contributed by atoms with E-state index in [1.807, 2.05) is 58.0 Å². The lowest BCUT2D eigenvalue weighted by Gasteiger charge is -2.28. The molecule has 0 aliphatic rings. The van der Waals surface area contributed by atoms with Crippen LogP contribution in [0, 0.1) is 11.8 Å². The van der Waals surface area contributed by atoms with E-state index in [1.54, 1.807) is 0 Å². The first kappa shape index (κ1) is 28.1. The molecule has 0 saturated heterocycles. The van der Waals surface area contributed by atoms with Gasteiger partial charge in [-0.15, -0.1) is 0 Å². The number of hydrogen-bond acceptors (Lipinski definition) is 5. The number of nitrogens with two attached hydrogens (primary N) is 1. The van der Waals surface area contributed by atoms with Crippen LogP contribution in [-0.4, -0.2) is 53.0 Å². The van der Waals surface area contributed by atoms with Crippen LogP contribution < -0.4 is 21.7 Å². The molecule has 1 aromatic carbocycles. The van der Waals surface area contributed by atoms with Gasteiger partial charge in [0.1, 0.15) is 18.1 Å². The van der Waals surface area contributed by atoms with E-state index in [-0.39, 0.29) is 24.7 Å². The van der Waals surface area contributed by atoms with E-state index in [0.29, 0.717) is 6.42 Å². The lowest BCUT2D eigenvalue weighted by Crippen LogP contribution is -2.59. The number of benzene rings is 1. The second-order valence-corrected chi connectivity index (χ2v) is 8.94. The highest BCUT2D eigenvalue weighted by Crippen LogP contribution is 2.11. The number of hydrogen-bond donors (Lipinski definition) is 5. The van der Waals surface area contributed by atoms with E-state index in [2.05, 4.69) is 16.0 Å². The average molecular weight is 463 g/mol. The average Bonchev–Trinajstić information content (AvgIpc) is 2.75. The van der Waals surface area contributed by atoms with Gasteiger partial charge in [-0.1, -0.05) is 64.4 Å². The van der Waals surface area contributed by atoms with Crippen molar-refractivity contribution in [3.63, 3.8) is 0 Å². The van der Waals surface area contributed by atoms with Crippen LogP contribution in [0.1, 0.15) is 53.0 Å². The maximum atomic E-state index is 13.1. The van der Waals surface area contributed by atoms with E-state index in [9.17, 15) is 24.3 Å². The third kappa shape index (κ3) is 9.61. The zero-order chi connectivity index (χ0) is 25.1. The van der Waals surface area contributed by atoms with Crippen LogP contribution in [0.25, 0.3) is 0 Å². The predicted molar refractivity (Wildman–Crippen MR) is 126 cm³/mol. The number of carboxylic acids is 1. The Morgan fingerprint density at radius 2 is 1.45 bits per heavy atom. The van der Waals surface area contributed by atoms with Gasteiger partial charge in [-0.3, -0.25) is 14.4 Å². The molecule has 9 nitrogen and oxygen atoms in total. The molecular weight excluding hydrogens is 424 g/mol. The second-order valence-electron chi connectivity index (χ2n) is 8.94. The minimum Gasteiger partial charge on any atom is -0.480 e. The summed E-state index contributed by atoms with van der Waals surface area (Å²) in [7, 11) is 0. The fourth-order valence-electron chi connectivity index (χ4n) is 3.27. The Kier molecular flexibility index (Phi) is 11.6. The third-order valence-electron chi connectivity index (χ3n) is 5.44. The Balaban J connectivity index is 3.13. The Bertz CT molecular complexity index is 797. The van der Waals surface area contributed by atoms with E-state index in [4.69, 9.17) is 5.73 Å². The first-order valence-corrected chi connectivity index (χ1v) is 11.4. The van der Waals surface area contributed by atoms with Crippen molar-refractivity contribution in [2.24, 2.45) is 17.6 Å². The Labute approximate surface area is 195 Å². The highest BCUT2D eigenvalue weighted by Gasteiger charge is 2.32. The summed E-state index contributed by atoms with van der Waals surface area (Å²) >= 11 is 0. The van der Waals surface area contributed by atoms with Gasteiger partial charge in [-0.2, -0.15) is 0 Å².